The maximum atomic E-state index is 12.9. The molecule has 0 saturated carbocycles. The molecule has 2 heterocycles. The first-order chi connectivity index (χ1) is 9.73. The molecule has 0 saturated heterocycles. The standard InChI is InChI=1S/C14H17F2N3OS.CH4/c1-7-6-10(13(15)16)9(3)17-11(7)12-8(2)14(21(5)20)19(4)18-12;/h6,13H,1-5H3;1H4. The first-order valence-electron chi connectivity index (χ1n) is 6.37. The largest absolute Gasteiger partial charge is 0.265 e. The van der Waals surface area contributed by atoms with Crippen LogP contribution < -0.4 is 0 Å². The van der Waals surface area contributed by atoms with Crippen molar-refractivity contribution in [3.05, 3.63) is 28.5 Å². The zero-order chi connectivity index (χ0) is 15.9. The summed E-state index contributed by atoms with van der Waals surface area (Å²) in [4.78, 5) is 4.28. The second kappa shape index (κ2) is 6.64. The highest BCUT2D eigenvalue weighted by atomic mass is 32.2. The van der Waals surface area contributed by atoms with Gasteiger partial charge in [-0.15, -0.1) is 0 Å². The van der Waals surface area contributed by atoms with Gasteiger partial charge in [-0.1, -0.05) is 7.43 Å². The molecule has 0 aliphatic heterocycles. The Bertz CT molecular complexity index is 726. The van der Waals surface area contributed by atoms with Gasteiger partial charge in [0.25, 0.3) is 6.43 Å². The van der Waals surface area contributed by atoms with Crippen molar-refractivity contribution in [3.8, 4) is 11.4 Å². The summed E-state index contributed by atoms with van der Waals surface area (Å²) in [6.07, 6.45) is -0.965. The number of pyridine rings is 1. The molecule has 0 amide bonds. The fourth-order valence-electron chi connectivity index (χ4n) is 2.43. The highest BCUT2D eigenvalue weighted by molar-refractivity contribution is 7.84. The summed E-state index contributed by atoms with van der Waals surface area (Å²) in [5.74, 6) is 0. The van der Waals surface area contributed by atoms with Gasteiger partial charge in [-0.25, -0.2) is 8.78 Å². The van der Waals surface area contributed by atoms with Crippen molar-refractivity contribution in [2.24, 2.45) is 7.05 Å². The SMILES string of the molecule is C.Cc1cc(C(F)F)c(C)nc1-c1nn(C)c(S(C)=O)c1C. The Morgan fingerprint density at radius 2 is 1.82 bits per heavy atom. The van der Waals surface area contributed by atoms with Crippen LogP contribution in [0.5, 0.6) is 0 Å². The van der Waals surface area contributed by atoms with Crippen LogP contribution >= 0.6 is 0 Å². The Morgan fingerprint density at radius 3 is 2.27 bits per heavy atom. The van der Waals surface area contributed by atoms with Crippen LogP contribution in [0, 0.1) is 20.8 Å². The Kier molecular flexibility index (Phi) is 5.56. The molecule has 122 valence electrons. The molecule has 0 fully saturated rings. The molecule has 0 aromatic carbocycles. The van der Waals surface area contributed by atoms with Gasteiger partial charge in [0.2, 0.25) is 0 Å². The van der Waals surface area contributed by atoms with E-state index in [1.54, 1.807) is 31.8 Å². The van der Waals surface area contributed by atoms with Crippen LogP contribution in [0.1, 0.15) is 36.2 Å². The lowest BCUT2D eigenvalue weighted by molar-refractivity contribution is 0.150. The number of aromatic nitrogens is 3. The molecule has 22 heavy (non-hydrogen) atoms. The van der Waals surface area contributed by atoms with Gasteiger partial charge in [-0.2, -0.15) is 5.10 Å². The first kappa shape index (κ1) is 18.4. The molecule has 1 atom stereocenters. The molecule has 0 radical (unpaired) electrons. The molecule has 0 aliphatic rings. The summed E-state index contributed by atoms with van der Waals surface area (Å²) in [5, 5.41) is 4.96. The van der Waals surface area contributed by atoms with Crippen molar-refractivity contribution >= 4 is 10.8 Å². The molecule has 2 aromatic rings. The van der Waals surface area contributed by atoms with Gasteiger partial charge in [0, 0.05) is 30.1 Å². The Balaban J connectivity index is 0.00000242. The van der Waals surface area contributed by atoms with E-state index in [1.807, 2.05) is 6.92 Å². The lowest BCUT2D eigenvalue weighted by atomic mass is 10.1. The zero-order valence-electron chi connectivity index (χ0n) is 12.6. The van der Waals surface area contributed by atoms with Crippen molar-refractivity contribution in [3.63, 3.8) is 0 Å². The van der Waals surface area contributed by atoms with E-state index in [4.69, 9.17) is 0 Å². The van der Waals surface area contributed by atoms with E-state index in [0.29, 0.717) is 22.0 Å². The minimum atomic E-state index is -2.55. The third kappa shape index (κ3) is 3.09. The molecule has 0 N–H and O–H groups in total. The summed E-state index contributed by atoms with van der Waals surface area (Å²) in [7, 11) is 0.535. The molecule has 7 heteroatoms. The van der Waals surface area contributed by atoms with E-state index < -0.39 is 17.2 Å². The van der Waals surface area contributed by atoms with Crippen LogP contribution in [0.15, 0.2) is 11.1 Å². The molecule has 2 aromatic heterocycles. The Morgan fingerprint density at radius 1 is 1.23 bits per heavy atom. The van der Waals surface area contributed by atoms with E-state index >= 15 is 0 Å². The van der Waals surface area contributed by atoms with Crippen LogP contribution in [0.25, 0.3) is 11.4 Å². The summed E-state index contributed by atoms with van der Waals surface area (Å²) < 4.78 is 39.1. The highest BCUT2D eigenvalue weighted by Gasteiger charge is 2.21. The van der Waals surface area contributed by atoms with Gasteiger partial charge < -0.3 is 0 Å². The van der Waals surface area contributed by atoms with Gasteiger partial charge in [0.15, 0.2) is 0 Å². The number of rotatable bonds is 3. The van der Waals surface area contributed by atoms with Crippen LogP contribution in [-0.4, -0.2) is 25.2 Å². The quantitative estimate of drug-likeness (QED) is 0.862. The third-order valence-electron chi connectivity index (χ3n) is 3.39. The molecular formula is C15H21F2N3OS. The highest BCUT2D eigenvalue weighted by Crippen LogP contribution is 2.31. The van der Waals surface area contributed by atoms with Gasteiger partial charge in [0.05, 0.1) is 16.5 Å². The van der Waals surface area contributed by atoms with Crippen molar-refractivity contribution in [2.45, 2.75) is 39.6 Å². The monoisotopic (exact) mass is 329 g/mol. The number of hydrogen-bond donors (Lipinski definition) is 0. The van der Waals surface area contributed by atoms with Crippen LogP contribution in [0.2, 0.25) is 0 Å². The van der Waals surface area contributed by atoms with Gasteiger partial charge in [-0.05, 0) is 32.4 Å². The topological polar surface area (TPSA) is 47.8 Å². The van der Waals surface area contributed by atoms with Crippen molar-refractivity contribution < 1.29 is 13.0 Å². The predicted octanol–water partition coefficient (Wildman–Crippen LogP) is 3.72. The second-order valence-electron chi connectivity index (χ2n) is 4.99. The van der Waals surface area contributed by atoms with Gasteiger partial charge in [0.1, 0.15) is 10.7 Å². The van der Waals surface area contributed by atoms with Crippen molar-refractivity contribution in [2.75, 3.05) is 6.26 Å². The average Bonchev–Trinajstić information content (AvgIpc) is 2.66. The van der Waals surface area contributed by atoms with E-state index in [2.05, 4.69) is 10.1 Å². The van der Waals surface area contributed by atoms with Crippen LogP contribution in [-0.2, 0) is 17.8 Å². The summed E-state index contributed by atoms with van der Waals surface area (Å²) >= 11 is 0. The minimum absolute atomic E-state index is 0. The van der Waals surface area contributed by atoms with Gasteiger partial charge in [-0.3, -0.25) is 13.9 Å². The lowest BCUT2D eigenvalue weighted by Crippen LogP contribution is -2.00. The zero-order valence-corrected chi connectivity index (χ0v) is 13.4. The lowest BCUT2D eigenvalue weighted by Gasteiger charge is -2.09. The second-order valence-corrected chi connectivity index (χ2v) is 6.28. The fourth-order valence-corrected chi connectivity index (χ4v) is 3.37. The number of aryl methyl sites for hydroxylation is 3. The van der Waals surface area contributed by atoms with Crippen LogP contribution in [0.3, 0.4) is 0 Å². The average molecular weight is 329 g/mol. The summed E-state index contributed by atoms with van der Waals surface area (Å²) in [5.41, 5.74) is 2.76. The Hall–Kier alpha value is -1.63. The predicted molar refractivity (Wildman–Crippen MR) is 84.7 cm³/mol. The molecule has 0 spiro atoms. The third-order valence-corrected chi connectivity index (χ3v) is 4.51. The normalized spacial score (nSPS) is 12.4. The van der Waals surface area contributed by atoms with Crippen molar-refractivity contribution in [1.82, 2.24) is 14.8 Å². The summed E-state index contributed by atoms with van der Waals surface area (Å²) in [6, 6.07) is 1.44. The maximum Gasteiger partial charge on any atom is 0.265 e. The maximum absolute atomic E-state index is 12.9. The smallest absolute Gasteiger partial charge is 0.259 e. The molecule has 4 nitrogen and oxygen atoms in total. The van der Waals surface area contributed by atoms with Crippen molar-refractivity contribution in [1.29, 1.82) is 0 Å². The van der Waals surface area contributed by atoms with Crippen LogP contribution in [0.4, 0.5) is 8.78 Å². The van der Waals surface area contributed by atoms with E-state index in [9.17, 15) is 13.0 Å². The molecule has 2 rings (SSSR count). The number of nitrogens with zero attached hydrogens (tertiary/aromatic N) is 3. The first-order valence-corrected chi connectivity index (χ1v) is 7.93. The molecule has 0 aliphatic carbocycles. The molecular weight excluding hydrogens is 308 g/mol. The van der Waals surface area contributed by atoms with Gasteiger partial charge >= 0.3 is 0 Å². The van der Waals surface area contributed by atoms with E-state index in [0.717, 1.165) is 5.56 Å². The minimum Gasteiger partial charge on any atom is -0.259 e. The molecule has 0 bridgehead atoms. The fraction of sp³-hybridized carbons (Fsp3) is 0.467. The van der Waals surface area contributed by atoms with E-state index in [1.165, 1.54) is 6.07 Å². The number of hydrogen-bond acceptors (Lipinski definition) is 3. The Labute approximate surface area is 132 Å². The molecule has 1 unspecified atom stereocenters. The van der Waals surface area contributed by atoms with E-state index in [-0.39, 0.29) is 18.7 Å². The number of halogens is 2. The number of alkyl halides is 2. The summed E-state index contributed by atoms with van der Waals surface area (Å²) in [6.45, 7) is 5.10.